The van der Waals surface area contributed by atoms with Crippen LogP contribution in [0, 0.1) is 13.8 Å². The number of benzene rings is 1. The fraction of sp³-hybridized carbons (Fsp3) is 0.636. The fourth-order valence-electron chi connectivity index (χ4n) is 3.85. The summed E-state index contributed by atoms with van der Waals surface area (Å²) in [5.41, 5.74) is 5.25. The number of piperidine rings is 1. The summed E-state index contributed by atoms with van der Waals surface area (Å²) in [5.74, 6) is -0.919. The molecule has 1 heterocycles. The predicted octanol–water partition coefficient (Wildman–Crippen LogP) is 3.20. The number of carboxylic acids is 1. The van der Waals surface area contributed by atoms with E-state index in [4.69, 9.17) is 0 Å². The SMILES string of the molecule is Cc1cc(C(C)(C)C)cc(C)c1CCNC(=O)CN1CCCCC1C(=O)O. The number of carbonyl (C=O) groups is 2. The molecule has 1 amide bonds. The Kier molecular flexibility index (Phi) is 7.04. The molecular weight excluding hydrogens is 340 g/mol. The molecular formula is C22H34N2O3. The van der Waals surface area contributed by atoms with Gasteiger partial charge in [-0.15, -0.1) is 0 Å². The van der Waals surface area contributed by atoms with Gasteiger partial charge in [0, 0.05) is 6.54 Å². The van der Waals surface area contributed by atoms with Crippen LogP contribution in [0.25, 0.3) is 0 Å². The highest BCUT2D eigenvalue weighted by molar-refractivity contribution is 5.80. The van der Waals surface area contributed by atoms with Crippen molar-refractivity contribution in [3.05, 3.63) is 34.4 Å². The van der Waals surface area contributed by atoms with Gasteiger partial charge in [0.1, 0.15) is 6.04 Å². The summed E-state index contributed by atoms with van der Waals surface area (Å²) < 4.78 is 0. The van der Waals surface area contributed by atoms with E-state index >= 15 is 0 Å². The maximum atomic E-state index is 12.3. The Labute approximate surface area is 163 Å². The van der Waals surface area contributed by atoms with Crippen molar-refractivity contribution in [1.29, 1.82) is 0 Å². The number of nitrogens with zero attached hydrogens (tertiary/aromatic N) is 1. The number of nitrogens with one attached hydrogen (secondary N) is 1. The summed E-state index contributed by atoms with van der Waals surface area (Å²) in [7, 11) is 0. The van der Waals surface area contributed by atoms with E-state index in [9.17, 15) is 14.7 Å². The Balaban J connectivity index is 1.90. The number of aliphatic carboxylic acids is 1. The van der Waals surface area contributed by atoms with Gasteiger partial charge in [0.2, 0.25) is 5.91 Å². The van der Waals surface area contributed by atoms with Gasteiger partial charge in [-0.05, 0) is 67.3 Å². The standard InChI is InChI=1S/C22H34N2O3/c1-15-12-17(22(3,4)5)13-16(2)18(15)9-10-23-20(25)14-24-11-7-6-8-19(24)21(26)27/h12-13,19H,6-11,14H2,1-5H3,(H,23,25)(H,26,27). The highest BCUT2D eigenvalue weighted by atomic mass is 16.4. The Hall–Kier alpha value is -1.88. The van der Waals surface area contributed by atoms with Gasteiger partial charge >= 0.3 is 5.97 Å². The van der Waals surface area contributed by atoms with E-state index < -0.39 is 12.0 Å². The summed E-state index contributed by atoms with van der Waals surface area (Å²) in [6, 6.07) is 3.96. The summed E-state index contributed by atoms with van der Waals surface area (Å²) in [6.45, 7) is 12.3. The molecule has 0 aliphatic carbocycles. The lowest BCUT2D eigenvalue weighted by Crippen LogP contribution is -2.49. The third kappa shape index (κ3) is 5.80. The molecule has 0 aromatic heterocycles. The quantitative estimate of drug-likeness (QED) is 0.802. The van der Waals surface area contributed by atoms with Crippen molar-refractivity contribution in [2.24, 2.45) is 0 Å². The van der Waals surface area contributed by atoms with Gasteiger partial charge in [0.15, 0.2) is 0 Å². The van der Waals surface area contributed by atoms with Crippen LogP contribution in [0.4, 0.5) is 0 Å². The van der Waals surface area contributed by atoms with Gasteiger partial charge in [0.25, 0.3) is 0 Å². The van der Waals surface area contributed by atoms with Crippen LogP contribution in [0.15, 0.2) is 12.1 Å². The van der Waals surface area contributed by atoms with E-state index in [-0.39, 0.29) is 17.9 Å². The number of amides is 1. The zero-order valence-corrected chi connectivity index (χ0v) is 17.4. The van der Waals surface area contributed by atoms with Gasteiger partial charge < -0.3 is 10.4 Å². The first-order valence-corrected chi connectivity index (χ1v) is 9.93. The molecule has 1 unspecified atom stereocenters. The van der Waals surface area contributed by atoms with Gasteiger partial charge in [-0.25, -0.2) is 0 Å². The summed E-state index contributed by atoms with van der Waals surface area (Å²) in [4.78, 5) is 25.4. The van der Waals surface area contributed by atoms with Crippen LogP contribution in [0.5, 0.6) is 0 Å². The molecule has 1 saturated heterocycles. The lowest BCUT2D eigenvalue weighted by molar-refractivity contribution is -0.145. The van der Waals surface area contributed by atoms with E-state index in [0.29, 0.717) is 19.5 Å². The summed E-state index contributed by atoms with van der Waals surface area (Å²) in [6.07, 6.45) is 3.28. The van der Waals surface area contributed by atoms with Crippen LogP contribution >= 0.6 is 0 Å². The number of carboxylic acid groups (broad SMARTS) is 1. The molecule has 0 spiro atoms. The van der Waals surface area contributed by atoms with Crippen molar-refractivity contribution in [3.63, 3.8) is 0 Å². The molecule has 0 saturated carbocycles. The molecule has 1 aliphatic rings. The van der Waals surface area contributed by atoms with Crippen molar-refractivity contribution < 1.29 is 14.7 Å². The molecule has 1 aromatic carbocycles. The lowest BCUT2D eigenvalue weighted by Gasteiger charge is -2.32. The van der Waals surface area contributed by atoms with Crippen LogP contribution in [0.1, 0.15) is 62.3 Å². The Morgan fingerprint density at radius 1 is 1.19 bits per heavy atom. The van der Waals surface area contributed by atoms with E-state index in [1.807, 2.05) is 0 Å². The first kappa shape index (κ1) is 21.4. The zero-order valence-electron chi connectivity index (χ0n) is 17.4. The maximum absolute atomic E-state index is 12.3. The number of hydrogen-bond donors (Lipinski definition) is 2. The second-order valence-electron chi connectivity index (χ2n) is 8.76. The van der Waals surface area contributed by atoms with E-state index in [1.54, 1.807) is 4.90 Å². The monoisotopic (exact) mass is 374 g/mol. The summed E-state index contributed by atoms with van der Waals surface area (Å²) >= 11 is 0. The molecule has 150 valence electrons. The highest BCUT2D eigenvalue weighted by Gasteiger charge is 2.29. The molecule has 0 bridgehead atoms. The predicted molar refractivity (Wildman–Crippen MR) is 108 cm³/mol. The Morgan fingerprint density at radius 2 is 1.81 bits per heavy atom. The molecule has 1 aromatic rings. The average Bonchev–Trinajstić information content (AvgIpc) is 2.56. The van der Waals surface area contributed by atoms with Crippen molar-refractivity contribution in [1.82, 2.24) is 10.2 Å². The second kappa shape index (κ2) is 8.87. The molecule has 2 N–H and O–H groups in total. The molecule has 1 aliphatic heterocycles. The van der Waals surface area contributed by atoms with Crippen molar-refractivity contribution in [2.45, 2.75) is 71.8 Å². The first-order valence-electron chi connectivity index (χ1n) is 9.93. The van der Waals surface area contributed by atoms with Crippen LogP contribution < -0.4 is 5.32 Å². The number of carbonyl (C=O) groups excluding carboxylic acids is 1. The van der Waals surface area contributed by atoms with E-state index in [2.05, 4.69) is 52.1 Å². The van der Waals surface area contributed by atoms with Crippen molar-refractivity contribution >= 4 is 11.9 Å². The highest BCUT2D eigenvalue weighted by Crippen LogP contribution is 2.27. The molecule has 5 heteroatoms. The van der Waals surface area contributed by atoms with Crippen LogP contribution in [0.2, 0.25) is 0 Å². The molecule has 1 fully saturated rings. The fourth-order valence-corrected chi connectivity index (χ4v) is 3.85. The van der Waals surface area contributed by atoms with Gasteiger partial charge in [-0.3, -0.25) is 14.5 Å². The van der Waals surface area contributed by atoms with E-state index in [0.717, 1.165) is 19.3 Å². The van der Waals surface area contributed by atoms with Gasteiger partial charge in [-0.1, -0.05) is 39.3 Å². The average molecular weight is 375 g/mol. The third-order valence-corrected chi connectivity index (χ3v) is 5.50. The third-order valence-electron chi connectivity index (χ3n) is 5.50. The molecule has 0 radical (unpaired) electrons. The molecule has 2 rings (SSSR count). The minimum absolute atomic E-state index is 0.0928. The molecule has 27 heavy (non-hydrogen) atoms. The lowest BCUT2D eigenvalue weighted by atomic mass is 9.83. The maximum Gasteiger partial charge on any atom is 0.320 e. The minimum Gasteiger partial charge on any atom is -0.480 e. The van der Waals surface area contributed by atoms with Gasteiger partial charge in [-0.2, -0.15) is 0 Å². The number of rotatable bonds is 6. The molecule has 5 nitrogen and oxygen atoms in total. The van der Waals surface area contributed by atoms with Crippen LogP contribution in [-0.4, -0.2) is 47.6 Å². The second-order valence-corrected chi connectivity index (χ2v) is 8.76. The normalized spacial score (nSPS) is 18.3. The number of likely N-dealkylation sites (tertiary alicyclic amines) is 1. The van der Waals surface area contributed by atoms with Crippen molar-refractivity contribution in [3.8, 4) is 0 Å². The minimum atomic E-state index is -0.826. The van der Waals surface area contributed by atoms with Crippen LogP contribution in [-0.2, 0) is 21.4 Å². The first-order chi connectivity index (χ1) is 12.6. The van der Waals surface area contributed by atoms with Gasteiger partial charge in [0.05, 0.1) is 6.54 Å². The Bertz CT molecular complexity index is 668. The largest absolute Gasteiger partial charge is 0.480 e. The topological polar surface area (TPSA) is 69.6 Å². The molecule has 1 atom stereocenters. The smallest absolute Gasteiger partial charge is 0.320 e. The van der Waals surface area contributed by atoms with E-state index in [1.165, 1.54) is 22.3 Å². The summed E-state index contributed by atoms with van der Waals surface area (Å²) in [5, 5.41) is 12.3. The Morgan fingerprint density at radius 3 is 2.37 bits per heavy atom. The van der Waals surface area contributed by atoms with Crippen LogP contribution in [0.3, 0.4) is 0 Å². The number of hydrogen-bond acceptors (Lipinski definition) is 3. The zero-order chi connectivity index (χ0) is 20.2. The number of aryl methyl sites for hydroxylation is 2. The van der Waals surface area contributed by atoms with Crippen molar-refractivity contribution in [2.75, 3.05) is 19.6 Å².